The molecular formula is C12H12BrFN2O2S2. The van der Waals surface area contributed by atoms with Gasteiger partial charge in [-0.2, -0.15) is 0 Å². The summed E-state index contributed by atoms with van der Waals surface area (Å²) in [6.07, 6.45) is 2.59. The molecule has 0 bridgehead atoms. The molecule has 0 saturated heterocycles. The highest BCUT2D eigenvalue weighted by atomic mass is 79.9. The standard InChI is InChI=1S/C12H12BrFN2O2S2/c1-2-8-6-15-12(19-8)7-16-20(17,18)9-3-4-10(13)11(14)5-9/h3-6,16H,2,7H2,1H3. The first-order chi connectivity index (χ1) is 9.42. The minimum absolute atomic E-state index is 0.102. The number of nitrogens with one attached hydrogen (secondary N) is 1. The van der Waals surface area contributed by atoms with Crippen LogP contribution in [0.5, 0.6) is 0 Å². The van der Waals surface area contributed by atoms with Gasteiger partial charge in [0.15, 0.2) is 0 Å². The first-order valence-electron chi connectivity index (χ1n) is 5.80. The van der Waals surface area contributed by atoms with E-state index in [1.807, 2.05) is 6.92 Å². The number of thiazole rings is 1. The number of benzene rings is 1. The van der Waals surface area contributed by atoms with Gasteiger partial charge in [0.1, 0.15) is 10.8 Å². The summed E-state index contributed by atoms with van der Waals surface area (Å²) in [6.45, 7) is 2.11. The van der Waals surface area contributed by atoms with E-state index >= 15 is 0 Å². The molecule has 0 aliphatic heterocycles. The molecule has 0 amide bonds. The molecule has 0 radical (unpaired) electrons. The molecule has 0 fully saturated rings. The average molecular weight is 379 g/mol. The van der Waals surface area contributed by atoms with Crippen LogP contribution in [0.3, 0.4) is 0 Å². The molecule has 1 heterocycles. The Morgan fingerprint density at radius 1 is 1.45 bits per heavy atom. The van der Waals surface area contributed by atoms with Gasteiger partial charge in [0.25, 0.3) is 0 Å². The van der Waals surface area contributed by atoms with Crippen molar-refractivity contribution in [3.63, 3.8) is 0 Å². The second-order valence-corrected chi connectivity index (χ2v) is 7.80. The van der Waals surface area contributed by atoms with Crippen LogP contribution in [-0.2, 0) is 23.0 Å². The van der Waals surface area contributed by atoms with Crippen LogP contribution in [-0.4, -0.2) is 13.4 Å². The first kappa shape index (κ1) is 15.6. The lowest BCUT2D eigenvalue weighted by Crippen LogP contribution is -2.23. The van der Waals surface area contributed by atoms with E-state index in [0.717, 1.165) is 17.4 Å². The summed E-state index contributed by atoms with van der Waals surface area (Å²) in [4.78, 5) is 5.11. The summed E-state index contributed by atoms with van der Waals surface area (Å²) in [7, 11) is -3.74. The van der Waals surface area contributed by atoms with Crippen LogP contribution in [0.2, 0.25) is 0 Å². The number of nitrogens with zero attached hydrogens (tertiary/aromatic N) is 1. The van der Waals surface area contributed by atoms with Crippen molar-refractivity contribution < 1.29 is 12.8 Å². The van der Waals surface area contributed by atoms with Crippen LogP contribution in [0.15, 0.2) is 33.8 Å². The third kappa shape index (κ3) is 3.63. The number of sulfonamides is 1. The normalized spacial score (nSPS) is 11.8. The Hall–Kier alpha value is -0.830. The van der Waals surface area contributed by atoms with E-state index in [-0.39, 0.29) is 15.9 Å². The van der Waals surface area contributed by atoms with Gasteiger partial charge in [-0.1, -0.05) is 6.92 Å². The van der Waals surface area contributed by atoms with E-state index in [1.165, 1.54) is 23.5 Å². The Labute approximate surface area is 129 Å². The SMILES string of the molecule is CCc1cnc(CNS(=O)(=O)c2ccc(Br)c(F)c2)s1. The van der Waals surface area contributed by atoms with Gasteiger partial charge in [0, 0.05) is 11.1 Å². The second kappa shape index (κ2) is 6.30. The zero-order chi connectivity index (χ0) is 14.8. The molecular weight excluding hydrogens is 367 g/mol. The van der Waals surface area contributed by atoms with E-state index in [1.54, 1.807) is 6.20 Å². The molecule has 1 aromatic heterocycles. The van der Waals surface area contributed by atoms with Gasteiger partial charge in [0.2, 0.25) is 10.0 Å². The molecule has 8 heteroatoms. The van der Waals surface area contributed by atoms with Crippen LogP contribution in [0.25, 0.3) is 0 Å². The third-order valence-corrected chi connectivity index (χ3v) is 5.75. The van der Waals surface area contributed by atoms with Crippen molar-refractivity contribution in [2.24, 2.45) is 0 Å². The van der Waals surface area contributed by atoms with Crippen LogP contribution in [0.1, 0.15) is 16.8 Å². The van der Waals surface area contributed by atoms with Crippen molar-refractivity contribution in [3.05, 3.63) is 44.6 Å². The Morgan fingerprint density at radius 3 is 2.80 bits per heavy atom. The molecule has 20 heavy (non-hydrogen) atoms. The number of rotatable bonds is 5. The van der Waals surface area contributed by atoms with E-state index in [2.05, 4.69) is 25.6 Å². The summed E-state index contributed by atoms with van der Waals surface area (Å²) in [6, 6.07) is 3.68. The van der Waals surface area contributed by atoms with Crippen molar-refractivity contribution in [1.82, 2.24) is 9.71 Å². The Morgan fingerprint density at radius 2 is 2.20 bits per heavy atom. The molecule has 4 nitrogen and oxygen atoms in total. The van der Waals surface area contributed by atoms with E-state index in [4.69, 9.17) is 0 Å². The fraction of sp³-hybridized carbons (Fsp3) is 0.250. The highest BCUT2D eigenvalue weighted by molar-refractivity contribution is 9.10. The van der Waals surface area contributed by atoms with Crippen molar-refractivity contribution >= 4 is 37.3 Å². The van der Waals surface area contributed by atoms with Crippen LogP contribution < -0.4 is 4.72 Å². The van der Waals surface area contributed by atoms with Crippen molar-refractivity contribution in [1.29, 1.82) is 0 Å². The first-order valence-corrected chi connectivity index (χ1v) is 8.90. The molecule has 1 N–H and O–H groups in total. The second-order valence-electron chi connectivity index (χ2n) is 3.97. The maximum Gasteiger partial charge on any atom is 0.241 e. The molecule has 0 aliphatic carbocycles. The minimum Gasteiger partial charge on any atom is -0.248 e. The van der Waals surface area contributed by atoms with E-state index in [0.29, 0.717) is 5.01 Å². The molecule has 2 rings (SSSR count). The Bertz CT molecular complexity index is 716. The minimum atomic E-state index is -3.74. The van der Waals surface area contributed by atoms with E-state index in [9.17, 15) is 12.8 Å². The lowest BCUT2D eigenvalue weighted by molar-refractivity contribution is 0.576. The Kier molecular flexibility index (Phi) is 4.90. The number of halogens is 2. The van der Waals surface area contributed by atoms with Gasteiger partial charge >= 0.3 is 0 Å². The predicted octanol–water partition coefficient (Wildman–Crippen LogP) is 3.09. The van der Waals surface area contributed by atoms with Gasteiger partial charge in [-0.25, -0.2) is 22.5 Å². The monoisotopic (exact) mass is 378 g/mol. The summed E-state index contributed by atoms with van der Waals surface area (Å²) < 4.78 is 40.1. The number of hydrogen-bond donors (Lipinski definition) is 1. The summed E-state index contributed by atoms with van der Waals surface area (Å²) in [5.74, 6) is -0.615. The van der Waals surface area contributed by atoms with Gasteiger partial charge in [-0.3, -0.25) is 0 Å². The van der Waals surface area contributed by atoms with Crippen molar-refractivity contribution in [2.75, 3.05) is 0 Å². The average Bonchev–Trinajstić information content (AvgIpc) is 2.87. The van der Waals surface area contributed by atoms with Gasteiger partial charge in [0.05, 0.1) is 15.9 Å². The largest absolute Gasteiger partial charge is 0.248 e. The predicted molar refractivity (Wildman–Crippen MR) is 79.6 cm³/mol. The summed E-state index contributed by atoms with van der Waals surface area (Å²) in [5.41, 5.74) is 0. The number of aryl methyl sites for hydroxylation is 1. The fourth-order valence-corrected chi connectivity index (χ4v) is 3.62. The maximum atomic E-state index is 13.4. The fourth-order valence-electron chi connectivity index (χ4n) is 1.48. The number of aromatic nitrogens is 1. The molecule has 2 aromatic rings. The lowest BCUT2D eigenvalue weighted by Gasteiger charge is -2.05. The van der Waals surface area contributed by atoms with Gasteiger partial charge < -0.3 is 0 Å². The highest BCUT2D eigenvalue weighted by Gasteiger charge is 2.16. The molecule has 0 unspecified atom stereocenters. The van der Waals surface area contributed by atoms with Crippen LogP contribution in [0, 0.1) is 5.82 Å². The van der Waals surface area contributed by atoms with Crippen molar-refractivity contribution in [3.8, 4) is 0 Å². The molecule has 0 aliphatic rings. The zero-order valence-electron chi connectivity index (χ0n) is 10.6. The maximum absolute atomic E-state index is 13.4. The van der Waals surface area contributed by atoms with Crippen molar-refractivity contribution in [2.45, 2.75) is 24.8 Å². The topological polar surface area (TPSA) is 59.1 Å². The quantitative estimate of drug-likeness (QED) is 0.869. The van der Waals surface area contributed by atoms with E-state index < -0.39 is 15.8 Å². The van der Waals surface area contributed by atoms with Gasteiger partial charge in [-0.15, -0.1) is 11.3 Å². The summed E-state index contributed by atoms with van der Waals surface area (Å²) in [5, 5.41) is 0.683. The molecule has 108 valence electrons. The van der Waals surface area contributed by atoms with Gasteiger partial charge in [-0.05, 0) is 40.5 Å². The lowest BCUT2D eigenvalue weighted by atomic mass is 10.3. The highest BCUT2D eigenvalue weighted by Crippen LogP contribution is 2.20. The molecule has 0 atom stereocenters. The summed E-state index contributed by atoms with van der Waals surface area (Å²) >= 11 is 4.44. The Balaban J connectivity index is 2.12. The molecule has 1 aromatic carbocycles. The van der Waals surface area contributed by atoms with Crippen LogP contribution >= 0.6 is 27.3 Å². The zero-order valence-corrected chi connectivity index (χ0v) is 13.8. The molecule has 0 saturated carbocycles. The smallest absolute Gasteiger partial charge is 0.241 e. The van der Waals surface area contributed by atoms with Crippen LogP contribution in [0.4, 0.5) is 4.39 Å². The third-order valence-electron chi connectivity index (χ3n) is 2.56. The number of hydrogen-bond acceptors (Lipinski definition) is 4. The molecule has 0 spiro atoms.